The molecule has 0 saturated carbocycles. The highest BCUT2D eigenvalue weighted by Gasteiger charge is 2.26. The van der Waals surface area contributed by atoms with E-state index >= 15 is 0 Å². The second-order valence-corrected chi connectivity index (χ2v) is 6.13. The van der Waals surface area contributed by atoms with E-state index in [1.54, 1.807) is 23.5 Å². The van der Waals surface area contributed by atoms with E-state index in [0.717, 1.165) is 31.7 Å². The third-order valence-corrected chi connectivity index (χ3v) is 4.56. The number of piperazine rings is 1. The van der Waals surface area contributed by atoms with Crippen LogP contribution in [0.15, 0.2) is 35.0 Å². The van der Waals surface area contributed by atoms with Crippen molar-refractivity contribution in [1.82, 2.24) is 10.2 Å². The zero-order valence-corrected chi connectivity index (χ0v) is 13.8. The largest absolute Gasteiger partial charge is 0.314 e. The van der Waals surface area contributed by atoms with Gasteiger partial charge in [-0.15, -0.1) is 12.4 Å². The van der Waals surface area contributed by atoms with Crippen molar-refractivity contribution in [3.8, 4) is 0 Å². The van der Waals surface area contributed by atoms with Gasteiger partial charge in [0.05, 0.1) is 6.04 Å². The van der Waals surface area contributed by atoms with Gasteiger partial charge in [0.2, 0.25) is 0 Å². The first-order valence-corrected chi connectivity index (χ1v) is 7.99. The Morgan fingerprint density at radius 3 is 2.67 bits per heavy atom. The average molecular weight is 347 g/mol. The van der Waals surface area contributed by atoms with E-state index in [2.05, 4.69) is 21.7 Å². The van der Waals surface area contributed by atoms with Crippen molar-refractivity contribution in [3.05, 3.63) is 57.0 Å². The Hall–Kier alpha value is -0.650. The molecule has 2 nitrogen and oxygen atoms in total. The molecule has 2 aromatic rings. The van der Waals surface area contributed by atoms with Gasteiger partial charge in [-0.05, 0) is 40.6 Å². The first kappa shape index (κ1) is 16.7. The summed E-state index contributed by atoms with van der Waals surface area (Å²) in [6.45, 7) is 3.69. The van der Waals surface area contributed by atoms with E-state index < -0.39 is 0 Å². The molecule has 3 rings (SSSR count). The lowest BCUT2D eigenvalue weighted by molar-refractivity contribution is 0.195. The number of thiophene rings is 1. The molecule has 1 saturated heterocycles. The van der Waals surface area contributed by atoms with Crippen molar-refractivity contribution in [2.45, 2.75) is 6.04 Å². The lowest BCUT2D eigenvalue weighted by atomic mass is 9.98. The number of benzene rings is 1. The first-order chi connectivity index (χ1) is 9.75. The van der Waals surface area contributed by atoms with Crippen LogP contribution in [0.2, 0.25) is 5.02 Å². The maximum Gasteiger partial charge on any atom is 0.128 e. The van der Waals surface area contributed by atoms with Gasteiger partial charge in [0.25, 0.3) is 0 Å². The predicted octanol–water partition coefficient (Wildman–Crippen LogP) is 3.96. The molecular formula is C15H17Cl2FN2S. The van der Waals surface area contributed by atoms with Crippen LogP contribution >= 0.6 is 35.3 Å². The smallest absolute Gasteiger partial charge is 0.128 e. The van der Waals surface area contributed by atoms with Crippen LogP contribution in [0.1, 0.15) is 17.2 Å². The summed E-state index contributed by atoms with van der Waals surface area (Å²) >= 11 is 7.71. The van der Waals surface area contributed by atoms with Gasteiger partial charge in [-0.25, -0.2) is 4.39 Å². The third kappa shape index (κ3) is 3.76. The molecule has 1 aromatic carbocycles. The molecule has 0 amide bonds. The Kier molecular flexibility index (Phi) is 6.02. The highest BCUT2D eigenvalue weighted by Crippen LogP contribution is 2.33. The number of halogens is 3. The van der Waals surface area contributed by atoms with Crippen LogP contribution < -0.4 is 5.32 Å². The van der Waals surface area contributed by atoms with Gasteiger partial charge in [-0.3, -0.25) is 4.90 Å². The van der Waals surface area contributed by atoms with Crippen LogP contribution in [-0.4, -0.2) is 31.1 Å². The minimum Gasteiger partial charge on any atom is -0.314 e. The van der Waals surface area contributed by atoms with Crippen LogP contribution in [-0.2, 0) is 0 Å². The topological polar surface area (TPSA) is 15.3 Å². The first-order valence-electron chi connectivity index (χ1n) is 6.67. The quantitative estimate of drug-likeness (QED) is 0.904. The SMILES string of the molecule is Cl.Fc1ccc(Cl)cc1[C@@H](c1ccsc1)N1CCNCC1. The van der Waals surface area contributed by atoms with E-state index in [1.165, 1.54) is 6.07 Å². The molecule has 114 valence electrons. The highest BCUT2D eigenvalue weighted by molar-refractivity contribution is 7.08. The second kappa shape index (κ2) is 7.56. The highest BCUT2D eigenvalue weighted by atomic mass is 35.5. The molecule has 1 atom stereocenters. The van der Waals surface area contributed by atoms with E-state index in [9.17, 15) is 4.39 Å². The molecule has 0 spiro atoms. The fourth-order valence-corrected chi connectivity index (χ4v) is 3.54. The number of nitrogens with one attached hydrogen (secondary N) is 1. The molecule has 6 heteroatoms. The van der Waals surface area contributed by atoms with Crippen LogP contribution in [0.5, 0.6) is 0 Å². The predicted molar refractivity (Wildman–Crippen MR) is 89.3 cm³/mol. The Morgan fingerprint density at radius 2 is 2.00 bits per heavy atom. The normalized spacial score (nSPS) is 17.2. The molecule has 0 aliphatic carbocycles. The Labute approximate surface area is 139 Å². The van der Waals surface area contributed by atoms with Gasteiger partial charge in [0.1, 0.15) is 5.82 Å². The summed E-state index contributed by atoms with van der Waals surface area (Å²) < 4.78 is 14.3. The Bertz CT molecular complexity index is 571. The summed E-state index contributed by atoms with van der Waals surface area (Å²) in [4.78, 5) is 2.31. The van der Waals surface area contributed by atoms with Gasteiger partial charge < -0.3 is 5.32 Å². The van der Waals surface area contributed by atoms with E-state index in [4.69, 9.17) is 11.6 Å². The molecule has 1 fully saturated rings. The van der Waals surface area contributed by atoms with E-state index in [-0.39, 0.29) is 24.3 Å². The van der Waals surface area contributed by atoms with Gasteiger partial charge in [0.15, 0.2) is 0 Å². The molecule has 21 heavy (non-hydrogen) atoms. The van der Waals surface area contributed by atoms with Crippen LogP contribution in [0, 0.1) is 5.82 Å². The molecule has 2 heterocycles. The zero-order valence-electron chi connectivity index (χ0n) is 11.4. The van der Waals surface area contributed by atoms with Crippen molar-refractivity contribution < 1.29 is 4.39 Å². The van der Waals surface area contributed by atoms with Gasteiger partial charge in [-0.1, -0.05) is 11.6 Å². The van der Waals surface area contributed by atoms with Crippen molar-refractivity contribution in [2.75, 3.05) is 26.2 Å². The average Bonchev–Trinajstić information content (AvgIpc) is 2.98. The number of rotatable bonds is 3. The lowest BCUT2D eigenvalue weighted by Gasteiger charge is -2.35. The van der Waals surface area contributed by atoms with E-state index in [0.29, 0.717) is 10.6 Å². The summed E-state index contributed by atoms with van der Waals surface area (Å²) in [7, 11) is 0. The molecule has 1 aliphatic heterocycles. The fraction of sp³-hybridized carbons (Fsp3) is 0.333. The van der Waals surface area contributed by atoms with Crippen molar-refractivity contribution in [1.29, 1.82) is 0 Å². The summed E-state index contributed by atoms with van der Waals surface area (Å²) in [5.41, 5.74) is 1.80. The van der Waals surface area contributed by atoms with Gasteiger partial charge in [-0.2, -0.15) is 11.3 Å². The minimum absolute atomic E-state index is 0. The van der Waals surface area contributed by atoms with Crippen molar-refractivity contribution in [2.24, 2.45) is 0 Å². The number of hydrogen-bond donors (Lipinski definition) is 1. The monoisotopic (exact) mass is 346 g/mol. The fourth-order valence-electron chi connectivity index (χ4n) is 2.68. The second-order valence-electron chi connectivity index (χ2n) is 4.91. The molecule has 0 unspecified atom stereocenters. The van der Waals surface area contributed by atoms with Crippen molar-refractivity contribution >= 4 is 35.3 Å². The maximum atomic E-state index is 14.3. The Balaban J connectivity index is 0.00000161. The third-order valence-electron chi connectivity index (χ3n) is 3.63. The molecule has 0 bridgehead atoms. The van der Waals surface area contributed by atoms with Crippen LogP contribution in [0.25, 0.3) is 0 Å². The maximum absolute atomic E-state index is 14.3. The number of nitrogens with zero attached hydrogens (tertiary/aromatic N) is 1. The lowest BCUT2D eigenvalue weighted by Crippen LogP contribution is -2.45. The summed E-state index contributed by atoms with van der Waals surface area (Å²) in [5.74, 6) is -0.191. The molecule has 0 radical (unpaired) electrons. The van der Waals surface area contributed by atoms with Gasteiger partial charge in [0, 0.05) is 36.8 Å². The molecular weight excluding hydrogens is 330 g/mol. The summed E-state index contributed by atoms with van der Waals surface area (Å²) in [6, 6.07) is 6.82. The Morgan fingerprint density at radius 1 is 1.24 bits per heavy atom. The summed E-state index contributed by atoms with van der Waals surface area (Å²) in [6.07, 6.45) is 0. The van der Waals surface area contributed by atoms with Crippen LogP contribution in [0.3, 0.4) is 0 Å². The van der Waals surface area contributed by atoms with Crippen molar-refractivity contribution in [3.63, 3.8) is 0 Å². The van der Waals surface area contributed by atoms with Crippen LogP contribution in [0.4, 0.5) is 4.39 Å². The van der Waals surface area contributed by atoms with E-state index in [1.807, 2.05) is 5.38 Å². The standard InChI is InChI=1S/C15H16ClFN2S.ClH/c16-12-1-2-14(17)13(9-12)15(11-3-8-20-10-11)19-6-4-18-5-7-19;/h1-3,8-10,15,18H,4-7H2;1H/t15-;/m1./s1. The zero-order chi connectivity index (χ0) is 13.9. The molecule has 1 N–H and O–H groups in total. The molecule has 1 aromatic heterocycles. The minimum atomic E-state index is -0.191. The summed E-state index contributed by atoms with van der Waals surface area (Å²) in [5, 5.41) is 8.04. The number of hydrogen-bond acceptors (Lipinski definition) is 3. The molecule has 1 aliphatic rings. The van der Waals surface area contributed by atoms with Gasteiger partial charge >= 0.3 is 0 Å².